The van der Waals surface area contributed by atoms with Gasteiger partial charge < -0.3 is 24.8 Å². The molecular formula is C24H34FN3O3S. The minimum atomic E-state index is -0.744. The van der Waals surface area contributed by atoms with Gasteiger partial charge in [-0.05, 0) is 75.6 Å². The summed E-state index contributed by atoms with van der Waals surface area (Å²) >= 11 is 1.53. The zero-order valence-electron chi connectivity index (χ0n) is 19.3. The van der Waals surface area contributed by atoms with Crippen LogP contribution in [0.5, 0.6) is 0 Å². The zero-order valence-corrected chi connectivity index (χ0v) is 20.1. The molecule has 4 N–H and O–H groups in total. The molecule has 0 radical (unpaired) electrons. The van der Waals surface area contributed by atoms with Crippen LogP contribution in [0.3, 0.4) is 0 Å². The fourth-order valence-electron chi connectivity index (χ4n) is 4.06. The summed E-state index contributed by atoms with van der Waals surface area (Å²) < 4.78 is 19.6. The van der Waals surface area contributed by atoms with Crippen molar-refractivity contribution in [2.75, 3.05) is 16.6 Å². The molecule has 8 heteroatoms. The standard InChI is InChI=1S/C22H28FN3O3S.C2H6/c1-13-5-6-17(16(23)10-13)24-19-14(2)21(29)26-9-3-4-18(26)20(19)25-30-22(7-8-22)11-15(28)12-27;1-2/h5-6,10,15,24-25,27-28H,3-4,7-9,11-12H2,1-2H3;1-2H3. The number of anilines is 3. The summed E-state index contributed by atoms with van der Waals surface area (Å²) in [4.78, 5) is 12.9. The van der Waals surface area contributed by atoms with Crippen molar-refractivity contribution in [3.8, 4) is 0 Å². The summed E-state index contributed by atoms with van der Waals surface area (Å²) in [5, 5.41) is 22.2. The third-order valence-corrected chi connectivity index (χ3v) is 7.29. The van der Waals surface area contributed by atoms with E-state index in [2.05, 4.69) is 10.0 Å². The van der Waals surface area contributed by atoms with E-state index in [0.29, 0.717) is 29.9 Å². The lowest BCUT2D eigenvalue weighted by Crippen LogP contribution is -2.25. The van der Waals surface area contributed by atoms with Crippen molar-refractivity contribution in [2.45, 2.75) is 77.2 Å². The van der Waals surface area contributed by atoms with Gasteiger partial charge in [-0.15, -0.1) is 0 Å². The van der Waals surface area contributed by atoms with Crippen molar-refractivity contribution < 1.29 is 14.6 Å². The van der Waals surface area contributed by atoms with Gasteiger partial charge in [-0.25, -0.2) is 4.39 Å². The van der Waals surface area contributed by atoms with E-state index < -0.39 is 6.10 Å². The number of aryl methyl sites for hydroxylation is 1. The molecule has 1 aliphatic carbocycles. The van der Waals surface area contributed by atoms with Crippen LogP contribution >= 0.6 is 11.9 Å². The number of aliphatic hydroxyl groups excluding tert-OH is 2. The monoisotopic (exact) mass is 463 g/mol. The summed E-state index contributed by atoms with van der Waals surface area (Å²) in [6, 6.07) is 4.99. The molecule has 1 aliphatic heterocycles. The Morgan fingerprint density at radius 2 is 1.97 bits per heavy atom. The van der Waals surface area contributed by atoms with Crippen molar-refractivity contribution in [1.29, 1.82) is 0 Å². The van der Waals surface area contributed by atoms with E-state index in [1.54, 1.807) is 17.6 Å². The van der Waals surface area contributed by atoms with Crippen LogP contribution in [0, 0.1) is 19.7 Å². The van der Waals surface area contributed by atoms with Crippen LogP contribution in [-0.4, -0.2) is 32.2 Å². The molecular weight excluding hydrogens is 429 g/mol. The second kappa shape index (κ2) is 10.3. The number of aromatic nitrogens is 1. The van der Waals surface area contributed by atoms with Gasteiger partial charge in [0.2, 0.25) is 0 Å². The second-order valence-corrected chi connectivity index (χ2v) is 9.69. The molecule has 0 saturated heterocycles. The van der Waals surface area contributed by atoms with Crippen molar-refractivity contribution in [1.82, 2.24) is 4.57 Å². The van der Waals surface area contributed by atoms with E-state index in [1.807, 2.05) is 26.8 Å². The quantitative estimate of drug-likeness (QED) is 0.426. The number of benzene rings is 1. The number of halogens is 1. The first-order valence-electron chi connectivity index (χ1n) is 11.4. The smallest absolute Gasteiger partial charge is 0.255 e. The first-order chi connectivity index (χ1) is 15.3. The summed E-state index contributed by atoms with van der Waals surface area (Å²) in [6.07, 6.45) is 3.33. The molecule has 0 amide bonds. The van der Waals surface area contributed by atoms with Crippen LogP contribution in [0.1, 0.15) is 56.4 Å². The van der Waals surface area contributed by atoms with Gasteiger partial charge in [0.1, 0.15) is 5.82 Å². The maximum Gasteiger partial charge on any atom is 0.255 e. The normalized spacial score (nSPS) is 16.6. The van der Waals surface area contributed by atoms with Gasteiger partial charge >= 0.3 is 0 Å². The lowest BCUT2D eigenvalue weighted by Gasteiger charge is -2.23. The summed E-state index contributed by atoms with van der Waals surface area (Å²) in [7, 11) is 0. The Bertz CT molecular complexity index is 1020. The first-order valence-corrected chi connectivity index (χ1v) is 12.2. The van der Waals surface area contributed by atoms with Crippen LogP contribution < -0.4 is 15.6 Å². The summed E-state index contributed by atoms with van der Waals surface area (Å²) in [5.41, 5.74) is 3.98. The molecule has 1 aromatic carbocycles. The minimum absolute atomic E-state index is 0.0510. The predicted molar refractivity (Wildman–Crippen MR) is 130 cm³/mol. The van der Waals surface area contributed by atoms with Crippen LogP contribution in [-0.2, 0) is 13.0 Å². The van der Waals surface area contributed by atoms with Gasteiger partial charge in [0.25, 0.3) is 5.56 Å². The molecule has 2 heterocycles. The third kappa shape index (κ3) is 5.13. The summed E-state index contributed by atoms with van der Waals surface area (Å²) in [5.74, 6) is -0.363. The number of hydrogen-bond donors (Lipinski definition) is 4. The average molecular weight is 464 g/mol. The van der Waals surface area contributed by atoms with Crippen molar-refractivity contribution in [3.63, 3.8) is 0 Å². The lowest BCUT2D eigenvalue weighted by atomic mass is 10.1. The average Bonchev–Trinajstić information content (AvgIpc) is 3.36. The van der Waals surface area contributed by atoms with Crippen LogP contribution in [0.2, 0.25) is 0 Å². The Morgan fingerprint density at radius 3 is 2.59 bits per heavy atom. The van der Waals surface area contributed by atoms with Gasteiger partial charge in [-0.3, -0.25) is 4.79 Å². The Hall–Kier alpha value is -2.03. The Morgan fingerprint density at radius 1 is 1.25 bits per heavy atom. The number of nitrogens with one attached hydrogen (secondary N) is 2. The number of rotatable bonds is 8. The van der Waals surface area contributed by atoms with Gasteiger partial charge in [-0.1, -0.05) is 19.9 Å². The number of nitrogens with zero attached hydrogens (tertiary/aromatic N) is 1. The van der Waals surface area contributed by atoms with E-state index in [0.717, 1.165) is 42.6 Å². The van der Waals surface area contributed by atoms with Gasteiger partial charge in [0, 0.05) is 22.5 Å². The number of aliphatic hydroxyl groups is 2. The lowest BCUT2D eigenvalue weighted by molar-refractivity contribution is 0.0865. The van der Waals surface area contributed by atoms with Gasteiger partial charge in [0.05, 0.1) is 29.8 Å². The second-order valence-electron chi connectivity index (χ2n) is 8.42. The van der Waals surface area contributed by atoms with Crippen LogP contribution in [0.25, 0.3) is 0 Å². The molecule has 1 unspecified atom stereocenters. The van der Waals surface area contributed by atoms with E-state index in [9.17, 15) is 19.4 Å². The van der Waals surface area contributed by atoms with E-state index >= 15 is 0 Å². The molecule has 4 rings (SSSR count). The van der Waals surface area contributed by atoms with E-state index in [1.165, 1.54) is 18.0 Å². The summed E-state index contributed by atoms with van der Waals surface area (Å²) in [6.45, 7) is 8.03. The molecule has 176 valence electrons. The highest BCUT2D eigenvalue weighted by Crippen LogP contribution is 2.52. The van der Waals surface area contributed by atoms with E-state index in [4.69, 9.17) is 0 Å². The van der Waals surface area contributed by atoms with E-state index in [-0.39, 0.29) is 22.7 Å². The fourth-order valence-corrected chi connectivity index (χ4v) is 5.18. The predicted octanol–water partition coefficient (Wildman–Crippen LogP) is 4.66. The van der Waals surface area contributed by atoms with Crippen molar-refractivity contribution in [2.24, 2.45) is 0 Å². The molecule has 2 aromatic rings. The number of hydrogen-bond acceptors (Lipinski definition) is 6. The minimum Gasteiger partial charge on any atom is -0.394 e. The molecule has 0 bridgehead atoms. The topological polar surface area (TPSA) is 86.5 Å². The van der Waals surface area contributed by atoms with Crippen LogP contribution in [0.15, 0.2) is 23.0 Å². The first kappa shape index (κ1) is 24.6. The fraction of sp³-hybridized carbons (Fsp3) is 0.542. The molecule has 1 saturated carbocycles. The molecule has 1 aromatic heterocycles. The highest BCUT2D eigenvalue weighted by atomic mass is 32.2. The number of pyridine rings is 1. The molecule has 0 spiro atoms. The van der Waals surface area contributed by atoms with Crippen molar-refractivity contribution >= 4 is 29.0 Å². The van der Waals surface area contributed by atoms with Gasteiger partial charge in [0.15, 0.2) is 0 Å². The molecule has 32 heavy (non-hydrogen) atoms. The molecule has 1 fully saturated rings. The SMILES string of the molecule is CC.Cc1ccc(Nc2c(NSC3(CC(O)CO)CC3)c3n(c(=O)c2C)CCC3)c(F)c1. The number of fused-ring (bicyclic) bond motifs is 1. The highest BCUT2D eigenvalue weighted by molar-refractivity contribution is 8.02. The maximum absolute atomic E-state index is 14.5. The molecule has 2 aliphatic rings. The molecule has 1 atom stereocenters. The van der Waals surface area contributed by atoms with Crippen LogP contribution in [0.4, 0.5) is 21.5 Å². The Kier molecular flexibility index (Phi) is 7.90. The highest BCUT2D eigenvalue weighted by Gasteiger charge is 2.45. The Balaban J connectivity index is 0.00000141. The third-order valence-electron chi connectivity index (χ3n) is 5.98. The largest absolute Gasteiger partial charge is 0.394 e. The zero-order chi connectivity index (χ0) is 23.5. The maximum atomic E-state index is 14.5. The van der Waals surface area contributed by atoms with Crippen molar-refractivity contribution in [3.05, 3.63) is 51.2 Å². The van der Waals surface area contributed by atoms with Gasteiger partial charge in [-0.2, -0.15) is 0 Å². The Labute approximate surface area is 193 Å². The molecule has 6 nitrogen and oxygen atoms in total.